The highest BCUT2D eigenvalue weighted by Crippen LogP contribution is 2.17. The minimum atomic E-state index is -0.997. The molecule has 0 spiro atoms. The molecule has 0 rings (SSSR count). The van der Waals surface area contributed by atoms with Gasteiger partial charge in [0.2, 0.25) is 23.6 Å². The quantitative estimate of drug-likeness (QED) is 0.0166. The maximum Gasteiger partial charge on any atom is 0.431 e. The highest BCUT2D eigenvalue weighted by atomic mass is 16.7. The molecule has 1 atom stereocenters. The number of nitrogens with zero attached hydrogens (tertiary/aromatic N) is 2. The van der Waals surface area contributed by atoms with Crippen molar-refractivity contribution >= 4 is 53.8 Å². The second-order valence-corrected chi connectivity index (χ2v) is 25.5. The van der Waals surface area contributed by atoms with Gasteiger partial charge in [-0.25, -0.2) is 19.2 Å². The van der Waals surface area contributed by atoms with Crippen LogP contribution < -0.4 is 26.7 Å². The zero-order valence-electron chi connectivity index (χ0n) is 52.6. The maximum absolute atomic E-state index is 13.3. The number of ether oxygens (including phenoxy) is 5. The third-order valence-electron chi connectivity index (χ3n) is 11.3. The number of nitrogens with one attached hydrogen (secondary N) is 5. The molecule has 0 saturated heterocycles. The molecule has 0 aromatic carbocycles. The number of hydrogen-bond donors (Lipinski definition) is 5. The predicted molar refractivity (Wildman–Crippen MR) is 311 cm³/mol. The molecule has 0 aliphatic carbocycles. The van der Waals surface area contributed by atoms with E-state index in [1.165, 1.54) is 0 Å². The van der Waals surface area contributed by atoms with Crippen LogP contribution >= 0.6 is 0 Å². The van der Waals surface area contributed by atoms with Crippen molar-refractivity contribution in [3.8, 4) is 0 Å². The van der Waals surface area contributed by atoms with Crippen LogP contribution in [0.15, 0.2) is 0 Å². The van der Waals surface area contributed by atoms with Gasteiger partial charge in [-0.3, -0.25) is 28.8 Å². The molecule has 0 fully saturated rings. The Balaban J connectivity index is 5.00. The summed E-state index contributed by atoms with van der Waals surface area (Å²) in [7, 11) is 0. The Morgan fingerprint density at radius 1 is 0.370 bits per heavy atom. The fourth-order valence-corrected chi connectivity index (χ4v) is 7.69. The first-order chi connectivity index (χ1) is 37.5. The first kappa shape index (κ1) is 75.6. The smallest absolute Gasteiger partial charge is 0.431 e. The van der Waals surface area contributed by atoms with Crippen LogP contribution in [0.3, 0.4) is 0 Å². The van der Waals surface area contributed by atoms with Crippen LogP contribution in [0.5, 0.6) is 0 Å². The van der Waals surface area contributed by atoms with Crippen molar-refractivity contribution in [3.05, 3.63) is 0 Å². The Kier molecular flexibility index (Phi) is 37.3. The van der Waals surface area contributed by atoms with Gasteiger partial charge in [-0.15, -0.1) is 0 Å². The van der Waals surface area contributed by atoms with E-state index in [0.717, 1.165) is 64.2 Å². The number of amides is 7. The molecule has 0 heterocycles. The largest absolute Gasteiger partial charge is 0.460 e. The Morgan fingerprint density at radius 2 is 0.741 bits per heavy atom. The number of carbonyl (C=O) groups excluding carboxylic acids is 9. The summed E-state index contributed by atoms with van der Waals surface area (Å²) in [5.41, 5.74) is -1.30. The summed E-state index contributed by atoms with van der Waals surface area (Å²) in [6, 6.07) is -0.997. The van der Waals surface area contributed by atoms with Gasteiger partial charge in [0.15, 0.2) is 0 Å². The summed E-state index contributed by atoms with van der Waals surface area (Å²) >= 11 is 0. The van der Waals surface area contributed by atoms with Gasteiger partial charge in [-0.2, -0.15) is 5.48 Å². The van der Waals surface area contributed by atoms with Crippen molar-refractivity contribution in [1.82, 2.24) is 36.5 Å². The van der Waals surface area contributed by atoms with E-state index in [0.29, 0.717) is 51.6 Å². The third kappa shape index (κ3) is 47.9. The Labute approximate surface area is 485 Å². The molecule has 5 N–H and O–H groups in total. The predicted octanol–water partition coefficient (Wildman–Crippen LogP) is 9.63. The van der Waals surface area contributed by atoms with Crippen LogP contribution in [-0.4, -0.2) is 150 Å². The first-order valence-corrected chi connectivity index (χ1v) is 29.6. The van der Waals surface area contributed by atoms with E-state index in [4.69, 9.17) is 28.5 Å². The highest BCUT2D eigenvalue weighted by Gasteiger charge is 2.28. The molecule has 22 heteroatoms. The maximum atomic E-state index is 13.3. The molecule has 0 radical (unpaired) electrons. The van der Waals surface area contributed by atoms with Crippen LogP contribution in [0.2, 0.25) is 0 Å². The topological polar surface area (TPSA) is 276 Å². The number of hydrogen-bond acceptors (Lipinski definition) is 15. The molecule has 470 valence electrons. The summed E-state index contributed by atoms with van der Waals surface area (Å²) in [6.07, 6.45) is 12.0. The van der Waals surface area contributed by atoms with Gasteiger partial charge >= 0.3 is 30.2 Å². The third-order valence-corrected chi connectivity index (χ3v) is 11.3. The van der Waals surface area contributed by atoms with Crippen molar-refractivity contribution in [3.63, 3.8) is 0 Å². The van der Waals surface area contributed by atoms with Crippen molar-refractivity contribution in [2.45, 2.75) is 273 Å². The van der Waals surface area contributed by atoms with E-state index in [2.05, 4.69) is 26.7 Å². The van der Waals surface area contributed by atoms with E-state index in [9.17, 15) is 43.2 Å². The average molecular weight is 1160 g/mol. The molecule has 0 aliphatic rings. The average Bonchev–Trinajstić information content (AvgIpc) is 3.30. The molecular weight excluding hydrogens is 1050 g/mol. The molecule has 1 unspecified atom stereocenters. The SMILES string of the molecule is CC(C)(C)OC(=O)CCCCCCCCCCCCCC(=O)NC(CCC(=O)NCCCN(CCCCN(CCCNC(=O)CCC(=O)NCCONC(=O)OC(C)(C)C)C(=O)OC(C)(C)C)C(=O)OC(C)(C)C)C(=O)OC(C)(C)C. The van der Waals surface area contributed by atoms with E-state index >= 15 is 0 Å². The Hall–Kier alpha value is -5.41. The van der Waals surface area contributed by atoms with Crippen molar-refractivity contribution < 1.29 is 71.7 Å². The molecule has 0 aromatic heterocycles. The van der Waals surface area contributed by atoms with Crippen molar-refractivity contribution in [2.24, 2.45) is 0 Å². The fourth-order valence-electron chi connectivity index (χ4n) is 7.69. The zero-order valence-corrected chi connectivity index (χ0v) is 52.6. The van der Waals surface area contributed by atoms with E-state index in [1.54, 1.807) is 92.9 Å². The lowest BCUT2D eigenvalue weighted by Gasteiger charge is -2.29. The van der Waals surface area contributed by atoms with Gasteiger partial charge in [0, 0.05) is 77.9 Å². The zero-order chi connectivity index (χ0) is 61.7. The Morgan fingerprint density at radius 3 is 1.16 bits per heavy atom. The van der Waals surface area contributed by atoms with Gasteiger partial charge < -0.3 is 54.8 Å². The second-order valence-electron chi connectivity index (χ2n) is 25.5. The summed E-state index contributed by atoms with van der Waals surface area (Å²) in [4.78, 5) is 122. The summed E-state index contributed by atoms with van der Waals surface area (Å²) < 4.78 is 27.4. The fraction of sp³-hybridized carbons (Fsp3) is 0.847. The number of unbranched alkanes of at least 4 members (excludes halogenated alkanes) is 11. The van der Waals surface area contributed by atoms with Gasteiger partial charge in [0.25, 0.3) is 0 Å². The van der Waals surface area contributed by atoms with Crippen LogP contribution in [-0.2, 0) is 57.3 Å². The molecular formula is C59H109N7O15. The van der Waals surface area contributed by atoms with Crippen molar-refractivity contribution in [2.75, 3.05) is 52.4 Å². The lowest BCUT2D eigenvalue weighted by Crippen LogP contribution is -2.44. The number of rotatable bonds is 39. The lowest BCUT2D eigenvalue weighted by atomic mass is 10.0. The summed E-state index contributed by atoms with van der Waals surface area (Å²) in [6.45, 7) is 28.4. The van der Waals surface area contributed by atoms with Gasteiger partial charge in [0.05, 0.1) is 6.61 Å². The molecule has 0 aromatic rings. The second kappa shape index (κ2) is 39.9. The van der Waals surface area contributed by atoms with E-state index in [-0.39, 0.29) is 101 Å². The number of carbonyl (C=O) groups is 9. The minimum absolute atomic E-state index is 0.00341. The summed E-state index contributed by atoms with van der Waals surface area (Å²) in [5, 5.41) is 11.1. The van der Waals surface area contributed by atoms with E-state index in [1.807, 2.05) is 20.8 Å². The normalized spacial score (nSPS) is 12.3. The van der Waals surface area contributed by atoms with Crippen LogP contribution in [0, 0.1) is 0 Å². The van der Waals surface area contributed by atoms with E-state index < -0.39 is 58.3 Å². The van der Waals surface area contributed by atoms with Crippen LogP contribution in [0.4, 0.5) is 14.4 Å². The molecule has 0 saturated carbocycles. The molecule has 22 nitrogen and oxygen atoms in total. The number of hydroxylamine groups is 1. The minimum Gasteiger partial charge on any atom is -0.460 e. The molecule has 7 amide bonds. The molecule has 81 heavy (non-hydrogen) atoms. The standard InChI is InChI=1S/C59H109N7O15/c1-55(2,3)77-50(71)32-26-24-22-20-18-16-17-19-21-23-25-31-49(70)63-45(51(72)78-56(4,5)6)33-34-46(67)60-37-29-42-65(53(74)80-58(10,11)12)40-27-28-41-66(54(75)81-59(13,14)15)43-30-38-61-47(68)35-36-48(69)62-39-44-76-64-52(73)79-57(7,8)9/h45H,16-44H2,1-15H3,(H,60,67)(H,61,68)(H,62,69)(H,63,70)(H,64,73). The van der Waals surface area contributed by atoms with Gasteiger partial charge in [-0.1, -0.05) is 57.8 Å². The number of esters is 2. The lowest BCUT2D eigenvalue weighted by molar-refractivity contribution is -0.159. The molecule has 0 aliphatic heterocycles. The highest BCUT2D eigenvalue weighted by molar-refractivity contribution is 5.86. The van der Waals surface area contributed by atoms with Gasteiger partial charge in [-0.05, 0) is 149 Å². The van der Waals surface area contributed by atoms with Crippen LogP contribution in [0.1, 0.15) is 239 Å². The first-order valence-electron chi connectivity index (χ1n) is 29.6. The summed E-state index contributed by atoms with van der Waals surface area (Å²) in [5.74, 6) is -2.03. The van der Waals surface area contributed by atoms with Crippen LogP contribution in [0.25, 0.3) is 0 Å². The molecule has 0 bridgehead atoms. The van der Waals surface area contributed by atoms with Gasteiger partial charge in [0.1, 0.15) is 34.0 Å². The monoisotopic (exact) mass is 1160 g/mol. The van der Waals surface area contributed by atoms with Crippen molar-refractivity contribution in [1.29, 1.82) is 0 Å². The Bertz CT molecular complexity index is 1880.